The van der Waals surface area contributed by atoms with Crippen LogP contribution in [0.25, 0.3) is 32.9 Å². The lowest BCUT2D eigenvalue weighted by Gasteiger charge is -2.42. The normalized spacial score (nSPS) is 15.6. The van der Waals surface area contributed by atoms with E-state index in [-0.39, 0.29) is 22.6 Å². The Bertz CT molecular complexity index is 1310. The number of piperazine rings is 1. The van der Waals surface area contributed by atoms with Gasteiger partial charge in [-0.2, -0.15) is 0 Å². The smallest absolute Gasteiger partial charge is 0.175 e. The summed E-state index contributed by atoms with van der Waals surface area (Å²) >= 11 is 0. The molecule has 0 atom stereocenters. The predicted octanol–water partition coefficient (Wildman–Crippen LogP) is 5.04. The molecule has 7 heteroatoms. The Labute approximate surface area is 185 Å². The molecule has 3 heterocycles. The zero-order chi connectivity index (χ0) is 22.5. The molecule has 0 saturated carbocycles. The number of nitrogens with zero attached hydrogens (tertiary/aromatic N) is 5. The second-order valence-electron chi connectivity index (χ2n) is 9.20. The summed E-state index contributed by atoms with van der Waals surface area (Å²) in [6.45, 7) is 10.1. The van der Waals surface area contributed by atoms with Gasteiger partial charge in [-0.1, -0.05) is 24.3 Å². The van der Waals surface area contributed by atoms with Gasteiger partial charge in [0, 0.05) is 43.5 Å². The Hall–Kier alpha value is -3.19. The number of fused-ring (bicyclic) bond motifs is 2. The maximum absolute atomic E-state index is 15.7. The number of hydrogen-bond donors (Lipinski definition) is 0. The van der Waals surface area contributed by atoms with E-state index in [2.05, 4.69) is 45.5 Å². The molecule has 1 fully saturated rings. The van der Waals surface area contributed by atoms with Crippen LogP contribution < -0.4 is 4.90 Å². The van der Waals surface area contributed by atoms with E-state index in [1.165, 1.54) is 18.5 Å². The van der Waals surface area contributed by atoms with E-state index < -0.39 is 5.82 Å². The van der Waals surface area contributed by atoms with Gasteiger partial charge in [0.15, 0.2) is 5.82 Å². The number of pyridine rings is 1. The first-order valence-electron chi connectivity index (χ1n) is 10.8. The highest BCUT2D eigenvalue weighted by molar-refractivity contribution is 5.98. The third-order valence-electron chi connectivity index (χ3n) is 6.23. The molecular formula is C25H25F2N5. The lowest BCUT2D eigenvalue weighted by Crippen LogP contribution is -2.53. The highest BCUT2D eigenvalue weighted by Crippen LogP contribution is 2.34. The lowest BCUT2D eigenvalue weighted by atomic mass is 10.0. The van der Waals surface area contributed by atoms with Crippen LogP contribution in [0.4, 0.5) is 14.6 Å². The van der Waals surface area contributed by atoms with Crippen molar-refractivity contribution in [2.75, 3.05) is 31.1 Å². The van der Waals surface area contributed by atoms with Crippen LogP contribution in [-0.4, -0.2) is 51.6 Å². The Balaban J connectivity index is 1.56. The summed E-state index contributed by atoms with van der Waals surface area (Å²) < 4.78 is 29.3. The van der Waals surface area contributed by atoms with Crippen LogP contribution in [0.5, 0.6) is 0 Å². The van der Waals surface area contributed by atoms with E-state index >= 15 is 4.39 Å². The quantitative estimate of drug-likeness (QED) is 0.443. The van der Waals surface area contributed by atoms with E-state index in [1.54, 1.807) is 30.5 Å². The van der Waals surface area contributed by atoms with Gasteiger partial charge in [0.2, 0.25) is 0 Å². The molecule has 32 heavy (non-hydrogen) atoms. The number of halogens is 2. The molecule has 0 unspecified atom stereocenters. The van der Waals surface area contributed by atoms with Crippen LogP contribution in [-0.2, 0) is 0 Å². The van der Waals surface area contributed by atoms with Crippen molar-refractivity contribution < 1.29 is 8.78 Å². The highest BCUT2D eigenvalue weighted by atomic mass is 19.1. The minimum atomic E-state index is -0.490. The summed E-state index contributed by atoms with van der Waals surface area (Å²) in [5.41, 5.74) is 1.18. The summed E-state index contributed by atoms with van der Waals surface area (Å²) in [6.07, 6.45) is 3.07. The molecule has 164 valence electrons. The van der Waals surface area contributed by atoms with Crippen LogP contribution in [0, 0.1) is 11.6 Å². The van der Waals surface area contributed by atoms with Crippen molar-refractivity contribution in [3.05, 3.63) is 60.6 Å². The van der Waals surface area contributed by atoms with Gasteiger partial charge in [-0.25, -0.2) is 18.7 Å². The van der Waals surface area contributed by atoms with Crippen LogP contribution in [0.3, 0.4) is 0 Å². The fourth-order valence-electron chi connectivity index (χ4n) is 4.47. The molecule has 0 spiro atoms. The van der Waals surface area contributed by atoms with E-state index in [1.807, 2.05) is 0 Å². The first-order chi connectivity index (χ1) is 15.3. The number of hydrogen-bond acceptors (Lipinski definition) is 5. The molecule has 0 aliphatic carbocycles. The Kier molecular flexibility index (Phi) is 5.01. The zero-order valence-corrected chi connectivity index (χ0v) is 18.4. The summed E-state index contributed by atoms with van der Waals surface area (Å²) in [5.74, 6) is -0.108. The van der Waals surface area contributed by atoms with Crippen molar-refractivity contribution in [1.82, 2.24) is 19.9 Å². The number of anilines is 1. The first-order valence-corrected chi connectivity index (χ1v) is 10.8. The van der Waals surface area contributed by atoms with Crippen LogP contribution in [0.2, 0.25) is 0 Å². The molecule has 2 aromatic heterocycles. The molecule has 0 radical (unpaired) electrons. The van der Waals surface area contributed by atoms with Crippen molar-refractivity contribution >= 4 is 27.5 Å². The molecular weight excluding hydrogens is 408 g/mol. The number of rotatable bonds is 2. The van der Waals surface area contributed by atoms with E-state index in [9.17, 15) is 4.39 Å². The average molecular weight is 434 g/mol. The molecule has 1 aliphatic rings. The third kappa shape index (κ3) is 3.56. The van der Waals surface area contributed by atoms with E-state index in [4.69, 9.17) is 0 Å². The monoisotopic (exact) mass is 433 g/mol. The minimum Gasteiger partial charge on any atom is -0.353 e. The Morgan fingerprint density at radius 3 is 2.41 bits per heavy atom. The van der Waals surface area contributed by atoms with Crippen LogP contribution >= 0.6 is 0 Å². The molecule has 5 rings (SSSR count). The second kappa shape index (κ2) is 7.74. The highest BCUT2D eigenvalue weighted by Gasteiger charge is 2.27. The largest absolute Gasteiger partial charge is 0.353 e. The summed E-state index contributed by atoms with van der Waals surface area (Å²) in [7, 11) is 0. The lowest BCUT2D eigenvalue weighted by molar-refractivity contribution is 0.128. The summed E-state index contributed by atoms with van der Waals surface area (Å²) in [5, 5.41) is 2.04. The van der Waals surface area contributed by atoms with Crippen molar-refractivity contribution in [1.29, 1.82) is 0 Å². The van der Waals surface area contributed by atoms with E-state index in [0.717, 1.165) is 31.6 Å². The molecule has 1 aliphatic heterocycles. The van der Waals surface area contributed by atoms with Gasteiger partial charge in [-0.3, -0.25) is 9.88 Å². The van der Waals surface area contributed by atoms with Gasteiger partial charge in [0.25, 0.3) is 0 Å². The molecule has 2 aromatic carbocycles. The minimum absolute atomic E-state index is 0.115. The van der Waals surface area contributed by atoms with Gasteiger partial charge in [0.05, 0.1) is 5.39 Å². The summed E-state index contributed by atoms with van der Waals surface area (Å²) in [4.78, 5) is 17.8. The van der Waals surface area contributed by atoms with E-state index in [0.29, 0.717) is 22.2 Å². The standard InChI is InChI=1S/C25H25F2N5/c1-25(2,3)32-11-9-31(10-12-32)24-20-14-28-22(21(27)23(20)29-15-30-24)19-6-4-5-16-13-17(26)7-8-18(16)19/h4-8,13-15H,9-12H2,1-3H3. The van der Waals surface area contributed by atoms with Gasteiger partial charge < -0.3 is 4.90 Å². The molecule has 5 nitrogen and oxygen atoms in total. The van der Waals surface area contributed by atoms with Gasteiger partial charge in [0.1, 0.15) is 29.2 Å². The number of benzene rings is 2. The van der Waals surface area contributed by atoms with Crippen molar-refractivity contribution in [2.24, 2.45) is 0 Å². The molecule has 0 bridgehead atoms. The van der Waals surface area contributed by atoms with Gasteiger partial charge in [-0.05, 0) is 43.7 Å². The first kappa shape index (κ1) is 20.7. The molecule has 0 N–H and O–H groups in total. The fraction of sp³-hybridized carbons (Fsp3) is 0.320. The van der Waals surface area contributed by atoms with Gasteiger partial charge >= 0.3 is 0 Å². The van der Waals surface area contributed by atoms with Crippen molar-refractivity contribution in [3.8, 4) is 11.3 Å². The number of aromatic nitrogens is 3. The SMILES string of the molecule is CC(C)(C)N1CCN(c2ncnc3c(F)c(-c4cccc5cc(F)ccc45)ncc23)CC1. The molecule has 4 aromatic rings. The Morgan fingerprint density at radius 1 is 0.875 bits per heavy atom. The maximum atomic E-state index is 15.7. The predicted molar refractivity (Wildman–Crippen MR) is 124 cm³/mol. The fourth-order valence-corrected chi connectivity index (χ4v) is 4.47. The second-order valence-corrected chi connectivity index (χ2v) is 9.20. The zero-order valence-electron chi connectivity index (χ0n) is 18.4. The third-order valence-corrected chi connectivity index (χ3v) is 6.23. The average Bonchev–Trinajstić information content (AvgIpc) is 2.78. The Morgan fingerprint density at radius 2 is 1.66 bits per heavy atom. The van der Waals surface area contributed by atoms with Crippen molar-refractivity contribution in [3.63, 3.8) is 0 Å². The molecule has 1 saturated heterocycles. The van der Waals surface area contributed by atoms with Crippen LogP contribution in [0.15, 0.2) is 48.9 Å². The topological polar surface area (TPSA) is 45.2 Å². The van der Waals surface area contributed by atoms with Gasteiger partial charge in [-0.15, -0.1) is 0 Å². The maximum Gasteiger partial charge on any atom is 0.175 e. The molecule has 0 amide bonds. The van der Waals surface area contributed by atoms with Crippen molar-refractivity contribution in [2.45, 2.75) is 26.3 Å². The van der Waals surface area contributed by atoms with Crippen LogP contribution in [0.1, 0.15) is 20.8 Å². The summed E-state index contributed by atoms with van der Waals surface area (Å²) in [6, 6.07) is 9.86.